The molecular weight excluding hydrogens is 450 g/mol. The van der Waals surface area contributed by atoms with E-state index in [0.29, 0.717) is 0 Å². The molecule has 0 aliphatic rings. The molecule has 0 aliphatic heterocycles. The number of carbonyl (C=O) groups excluding carboxylic acids is 1. The number of rotatable bonds is 5. The van der Waals surface area contributed by atoms with Crippen molar-refractivity contribution in [1.82, 2.24) is 0 Å². The molecule has 162 valence electrons. The van der Waals surface area contributed by atoms with E-state index in [1.54, 1.807) is 18.2 Å². The Bertz CT molecular complexity index is 1430. The van der Waals surface area contributed by atoms with Crippen LogP contribution in [0.25, 0.3) is 10.8 Å². The predicted molar refractivity (Wildman–Crippen MR) is 110 cm³/mol. The molecule has 3 rings (SSSR count). The van der Waals surface area contributed by atoms with Gasteiger partial charge >= 0.3 is 0 Å². The van der Waals surface area contributed by atoms with Gasteiger partial charge in [-0.05, 0) is 35.7 Å². The Morgan fingerprint density at radius 2 is 1.61 bits per heavy atom. The van der Waals surface area contributed by atoms with Crippen LogP contribution >= 0.6 is 0 Å². The fraction of sp³-hybridized carbons (Fsp3) is 0.0556. The number of benzene rings is 3. The lowest BCUT2D eigenvalue weighted by Gasteiger charge is -2.15. The average molecular weight is 465 g/mol. The summed E-state index contributed by atoms with van der Waals surface area (Å²) in [5.41, 5.74) is -0.673. The smallest absolute Gasteiger partial charge is 0.296 e. The molecule has 0 radical (unpaired) electrons. The number of aromatic hydroxyl groups is 1. The molecule has 3 aromatic carbocycles. The van der Waals surface area contributed by atoms with Crippen LogP contribution in [0.1, 0.15) is 10.4 Å². The summed E-state index contributed by atoms with van der Waals surface area (Å²) in [6, 6.07) is 10.4. The monoisotopic (exact) mass is 465 g/mol. The first-order valence-electron chi connectivity index (χ1n) is 8.38. The summed E-state index contributed by atoms with van der Waals surface area (Å²) in [6.45, 7) is 0. The molecule has 0 aliphatic carbocycles. The van der Waals surface area contributed by atoms with E-state index in [2.05, 4.69) is 15.5 Å². The van der Waals surface area contributed by atoms with Gasteiger partial charge in [-0.2, -0.15) is 27.1 Å². The zero-order valence-electron chi connectivity index (χ0n) is 15.7. The van der Waals surface area contributed by atoms with Crippen LogP contribution in [-0.2, 0) is 20.2 Å². The Morgan fingerprint density at radius 1 is 0.968 bits per heavy atom. The average Bonchev–Trinajstić information content (AvgIpc) is 2.68. The largest absolute Gasteiger partial charge is 0.505 e. The van der Waals surface area contributed by atoms with E-state index in [4.69, 9.17) is 0 Å². The van der Waals surface area contributed by atoms with Gasteiger partial charge in [0.1, 0.15) is 10.6 Å². The highest BCUT2D eigenvalue weighted by Gasteiger charge is 2.25. The summed E-state index contributed by atoms with van der Waals surface area (Å²) in [6.07, 6.45) is 0. The van der Waals surface area contributed by atoms with E-state index in [-0.39, 0.29) is 22.0 Å². The second-order valence-electron chi connectivity index (χ2n) is 6.21. The minimum atomic E-state index is -4.91. The van der Waals surface area contributed by atoms with E-state index in [1.807, 2.05) is 0 Å². The van der Waals surface area contributed by atoms with Crippen LogP contribution in [0.15, 0.2) is 68.6 Å². The van der Waals surface area contributed by atoms with Crippen LogP contribution < -0.4 is 5.32 Å². The van der Waals surface area contributed by atoms with Crippen molar-refractivity contribution in [2.75, 3.05) is 12.4 Å². The topological polar surface area (TPSA) is 183 Å². The van der Waals surface area contributed by atoms with Crippen LogP contribution in [-0.4, -0.2) is 44.0 Å². The first-order chi connectivity index (χ1) is 14.4. The third-order valence-corrected chi connectivity index (χ3v) is 5.88. The predicted octanol–water partition coefficient (Wildman–Crippen LogP) is 3.00. The molecule has 0 atom stereocenters. The fourth-order valence-electron chi connectivity index (χ4n) is 2.88. The summed E-state index contributed by atoms with van der Waals surface area (Å²) >= 11 is 0. The third-order valence-electron chi connectivity index (χ3n) is 4.18. The minimum Gasteiger partial charge on any atom is -0.505 e. The molecule has 0 bridgehead atoms. The highest BCUT2D eigenvalue weighted by molar-refractivity contribution is 7.86. The molecule has 31 heavy (non-hydrogen) atoms. The number of nitrogens with zero attached hydrogens (tertiary/aromatic N) is 2. The molecule has 0 saturated carbocycles. The van der Waals surface area contributed by atoms with Gasteiger partial charge in [-0.15, -0.1) is 0 Å². The summed E-state index contributed by atoms with van der Waals surface area (Å²) in [7, 11) is -8.50. The molecule has 0 unspecified atom stereocenters. The number of fused-ring (bicyclic) bond motifs is 1. The third kappa shape index (κ3) is 4.54. The van der Waals surface area contributed by atoms with Crippen molar-refractivity contribution < 1.29 is 35.8 Å². The number of phenolic OH excluding ortho intramolecular Hbond substituents is 1. The Morgan fingerprint density at radius 3 is 2.16 bits per heavy atom. The zero-order chi connectivity index (χ0) is 23.0. The lowest BCUT2D eigenvalue weighted by atomic mass is 10.1. The number of nitrogens with one attached hydrogen (secondary N) is 1. The molecule has 0 fully saturated rings. The molecule has 0 spiro atoms. The molecule has 0 saturated heterocycles. The highest BCUT2D eigenvalue weighted by Crippen LogP contribution is 2.44. The molecule has 1 amide bonds. The standard InChI is InChI=1S/C18H15N3O8S2/c1-19-21-16-14(31(27,28)29)8-11-7-12(30(24,25)26)9-13(15(11)17(16)22)20-18(23)10-5-3-2-4-6-10/h2-9,22H,1H3,(H,20,23)(H,24,25,26)(H,27,28,29). The summed E-state index contributed by atoms with van der Waals surface area (Å²) < 4.78 is 65.9. The maximum atomic E-state index is 12.6. The van der Waals surface area contributed by atoms with E-state index in [9.17, 15) is 35.8 Å². The van der Waals surface area contributed by atoms with E-state index in [0.717, 1.165) is 18.2 Å². The Hall–Kier alpha value is -3.39. The first-order valence-corrected chi connectivity index (χ1v) is 11.3. The second kappa shape index (κ2) is 8.03. The van der Waals surface area contributed by atoms with Crippen LogP contribution in [0.4, 0.5) is 11.4 Å². The number of azo groups is 1. The number of phenols is 1. The summed E-state index contributed by atoms with van der Waals surface area (Å²) in [4.78, 5) is 11.0. The van der Waals surface area contributed by atoms with Crippen molar-refractivity contribution in [3.8, 4) is 5.75 Å². The number of amides is 1. The molecule has 3 aromatic rings. The SMILES string of the molecule is CN=Nc1c(S(=O)(=O)O)cc2cc(S(=O)(=O)O)cc(NC(=O)c3ccccc3)c2c1O. The van der Waals surface area contributed by atoms with Gasteiger partial charge in [0.2, 0.25) is 0 Å². The van der Waals surface area contributed by atoms with Crippen molar-refractivity contribution in [3.05, 3.63) is 54.1 Å². The fourth-order valence-corrected chi connectivity index (χ4v) is 4.09. The lowest BCUT2D eigenvalue weighted by Crippen LogP contribution is -2.13. The molecule has 11 nitrogen and oxygen atoms in total. The van der Waals surface area contributed by atoms with Gasteiger partial charge in [0.05, 0.1) is 10.6 Å². The van der Waals surface area contributed by atoms with Crippen molar-refractivity contribution in [3.63, 3.8) is 0 Å². The normalized spacial score (nSPS) is 12.4. The highest BCUT2D eigenvalue weighted by atomic mass is 32.2. The van der Waals surface area contributed by atoms with Crippen molar-refractivity contribution >= 4 is 48.3 Å². The van der Waals surface area contributed by atoms with E-state index in [1.165, 1.54) is 19.2 Å². The van der Waals surface area contributed by atoms with Crippen molar-refractivity contribution in [2.45, 2.75) is 9.79 Å². The van der Waals surface area contributed by atoms with Crippen molar-refractivity contribution in [1.29, 1.82) is 0 Å². The Balaban J connectivity index is 2.39. The molecule has 4 N–H and O–H groups in total. The maximum absolute atomic E-state index is 12.6. The number of hydrogen-bond acceptors (Lipinski definition) is 8. The zero-order valence-corrected chi connectivity index (χ0v) is 17.3. The van der Waals surface area contributed by atoms with E-state index < -0.39 is 47.4 Å². The van der Waals surface area contributed by atoms with Gasteiger partial charge in [-0.25, -0.2) is 0 Å². The quantitative estimate of drug-likeness (QED) is 0.327. The molecule has 0 heterocycles. The molecule has 0 aromatic heterocycles. The van der Waals surface area contributed by atoms with Crippen LogP contribution in [0.5, 0.6) is 5.75 Å². The van der Waals surface area contributed by atoms with Gasteiger partial charge in [-0.3, -0.25) is 13.9 Å². The second-order valence-corrected chi connectivity index (χ2v) is 9.02. The van der Waals surface area contributed by atoms with Crippen molar-refractivity contribution in [2.24, 2.45) is 10.2 Å². The number of carbonyl (C=O) groups is 1. The van der Waals surface area contributed by atoms with Gasteiger partial charge < -0.3 is 10.4 Å². The van der Waals surface area contributed by atoms with Gasteiger partial charge in [-0.1, -0.05) is 18.2 Å². The van der Waals surface area contributed by atoms with Gasteiger partial charge in [0, 0.05) is 18.0 Å². The van der Waals surface area contributed by atoms with Gasteiger partial charge in [0.15, 0.2) is 5.75 Å². The van der Waals surface area contributed by atoms with E-state index >= 15 is 0 Å². The Labute approximate surface area is 176 Å². The van der Waals surface area contributed by atoms with Crippen LogP contribution in [0.2, 0.25) is 0 Å². The lowest BCUT2D eigenvalue weighted by molar-refractivity contribution is 0.102. The first kappa shape index (κ1) is 22.3. The Kier molecular flexibility index (Phi) is 5.78. The van der Waals surface area contributed by atoms with Crippen LogP contribution in [0.3, 0.4) is 0 Å². The summed E-state index contributed by atoms with van der Waals surface area (Å²) in [5.74, 6) is -1.47. The van der Waals surface area contributed by atoms with Crippen LogP contribution in [0, 0.1) is 0 Å². The minimum absolute atomic E-state index is 0.188. The van der Waals surface area contributed by atoms with Gasteiger partial charge in [0.25, 0.3) is 26.1 Å². The molecular formula is C18H15N3O8S2. The number of hydrogen-bond donors (Lipinski definition) is 4. The summed E-state index contributed by atoms with van der Waals surface area (Å²) in [5, 5.41) is 19.6. The maximum Gasteiger partial charge on any atom is 0.296 e. The number of anilines is 1. The molecule has 13 heteroatoms.